The van der Waals surface area contributed by atoms with Crippen LogP contribution >= 0.6 is 0 Å². The van der Waals surface area contributed by atoms with Crippen LogP contribution in [0, 0.1) is 0 Å². The van der Waals surface area contributed by atoms with Crippen molar-refractivity contribution in [2.75, 3.05) is 6.54 Å². The van der Waals surface area contributed by atoms with Crippen molar-refractivity contribution in [2.45, 2.75) is 110 Å². The molecule has 0 bridgehead atoms. The summed E-state index contributed by atoms with van der Waals surface area (Å²) in [4.78, 5) is 0. The summed E-state index contributed by atoms with van der Waals surface area (Å²) in [5.41, 5.74) is 5.48. The van der Waals surface area contributed by atoms with Crippen LogP contribution < -0.4 is 24.6 Å². The molecular formula is C18H39LiN+. The van der Waals surface area contributed by atoms with Crippen molar-refractivity contribution < 1.29 is 18.9 Å². The third-order valence-corrected chi connectivity index (χ3v) is 4.06. The van der Waals surface area contributed by atoms with Crippen molar-refractivity contribution in [1.29, 1.82) is 0 Å². The predicted octanol–water partition coefficient (Wildman–Crippen LogP) is 3.21. The van der Waals surface area contributed by atoms with E-state index < -0.39 is 0 Å². The molecule has 0 aromatic heterocycles. The van der Waals surface area contributed by atoms with Crippen LogP contribution in [0.4, 0.5) is 0 Å². The fourth-order valence-corrected chi connectivity index (χ4v) is 2.69. The van der Waals surface area contributed by atoms with Crippen molar-refractivity contribution in [3.63, 3.8) is 0 Å². The normalized spacial score (nSPS) is 10.5. The van der Waals surface area contributed by atoms with Crippen LogP contribution in [0.2, 0.25) is 0 Å². The minimum atomic E-state index is 0. The van der Waals surface area contributed by atoms with E-state index in [1.54, 1.807) is 0 Å². The number of unbranched alkanes of at least 4 members (excludes halogenated alkanes) is 15. The Morgan fingerprint density at radius 2 is 0.700 bits per heavy atom. The summed E-state index contributed by atoms with van der Waals surface area (Å²) < 4.78 is 0. The molecule has 0 amide bonds. The first-order valence-electron chi connectivity index (χ1n) is 9.12. The maximum absolute atomic E-state index is 5.48. The van der Waals surface area contributed by atoms with Gasteiger partial charge in [-0.1, -0.05) is 103 Å². The molecule has 2 heteroatoms. The van der Waals surface area contributed by atoms with E-state index in [1.165, 1.54) is 103 Å². The summed E-state index contributed by atoms with van der Waals surface area (Å²) in [6, 6.07) is 0. The van der Waals surface area contributed by atoms with Crippen LogP contribution in [-0.4, -0.2) is 6.54 Å². The quantitative estimate of drug-likeness (QED) is 0.340. The molecule has 0 aliphatic rings. The molecule has 0 fully saturated rings. The second-order valence-electron chi connectivity index (χ2n) is 6.09. The molecule has 0 aliphatic heterocycles. The number of hydrogen-bond acceptors (Lipinski definition) is 1. The molecule has 20 heavy (non-hydrogen) atoms. The fourth-order valence-electron chi connectivity index (χ4n) is 2.69. The largest absolute Gasteiger partial charge is 1.00 e. The first kappa shape index (κ1) is 22.8. The Bertz CT molecular complexity index is 134. The molecule has 0 spiro atoms. The number of hydrogen-bond donors (Lipinski definition) is 1. The Kier molecular flexibility index (Phi) is 24.9. The molecule has 0 atom stereocenters. The van der Waals surface area contributed by atoms with Gasteiger partial charge in [0.15, 0.2) is 0 Å². The van der Waals surface area contributed by atoms with E-state index in [-0.39, 0.29) is 18.9 Å². The summed E-state index contributed by atoms with van der Waals surface area (Å²) in [5.74, 6) is 0. The van der Waals surface area contributed by atoms with E-state index in [9.17, 15) is 0 Å². The van der Waals surface area contributed by atoms with E-state index in [2.05, 4.69) is 6.92 Å². The summed E-state index contributed by atoms with van der Waals surface area (Å²) in [6.45, 7) is 3.16. The van der Waals surface area contributed by atoms with Crippen LogP contribution in [0.1, 0.15) is 110 Å². The fraction of sp³-hybridized carbons (Fsp3) is 1.00. The smallest absolute Gasteiger partial charge is 0.330 e. The van der Waals surface area contributed by atoms with E-state index >= 15 is 0 Å². The first-order chi connectivity index (χ1) is 9.41. The Hall–Kier alpha value is 0.557. The van der Waals surface area contributed by atoms with Gasteiger partial charge in [0.25, 0.3) is 0 Å². The topological polar surface area (TPSA) is 26.0 Å². The third kappa shape index (κ3) is 20.9. The molecule has 0 unspecified atom stereocenters. The summed E-state index contributed by atoms with van der Waals surface area (Å²) in [7, 11) is 0. The second kappa shape index (κ2) is 21.8. The van der Waals surface area contributed by atoms with Crippen molar-refractivity contribution in [3.05, 3.63) is 0 Å². The molecule has 1 nitrogen and oxygen atoms in total. The number of rotatable bonds is 16. The molecule has 0 aliphatic carbocycles. The zero-order valence-electron chi connectivity index (χ0n) is 14.6. The molecule has 0 saturated carbocycles. The van der Waals surface area contributed by atoms with Crippen LogP contribution in [0.15, 0.2) is 0 Å². The van der Waals surface area contributed by atoms with Crippen LogP contribution in [0.25, 0.3) is 0 Å². The molecular weight excluding hydrogens is 237 g/mol. The summed E-state index contributed by atoms with van der Waals surface area (Å²) in [6.07, 6.45) is 22.9. The summed E-state index contributed by atoms with van der Waals surface area (Å²) >= 11 is 0. The zero-order valence-corrected chi connectivity index (χ0v) is 14.6. The van der Waals surface area contributed by atoms with Gasteiger partial charge in [-0.15, -0.1) is 0 Å². The van der Waals surface area contributed by atoms with Gasteiger partial charge >= 0.3 is 18.9 Å². The Labute approximate surface area is 141 Å². The summed E-state index contributed by atoms with van der Waals surface area (Å²) in [5, 5.41) is 0. The van der Waals surface area contributed by atoms with Gasteiger partial charge < -0.3 is 5.73 Å². The van der Waals surface area contributed by atoms with Crippen molar-refractivity contribution in [3.8, 4) is 0 Å². The van der Waals surface area contributed by atoms with E-state index in [0.29, 0.717) is 0 Å². The molecule has 0 rings (SSSR count). The molecule has 0 radical (unpaired) electrons. The molecule has 116 valence electrons. The maximum atomic E-state index is 5.48. The van der Waals surface area contributed by atoms with Gasteiger partial charge in [0.1, 0.15) is 0 Å². The number of nitrogens with two attached hydrogens (primary N) is 1. The SMILES string of the molecule is CCCCCCCCCCCCCCCCCCN.[Li+]. The van der Waals surface area contributed by atoms with Crippen LogP contribution in [-0.2, 0) is 0 Å². The molecule has 0 saturated heterocycles. The van der Waals surface area contributed by atoms with Gasteiger partial charge in [-0.2, -0.15) is 0 Å². The van der Waals surface area contributed by atoms with Crippen LogP contribution in [0.5, 0.6) is 0 Å². The van der Waals surface area contributed by atoms with Gasteiger partial charge in [-0.3, -0.25) is 0 Å². The van der Waals surface area contributed by atoms with Gasteiger partial charge in [0.05, 0.1) is 0 Å². The molecule has 0 aromatic rings. The van der Waals surface area contributed by atoms with Gasteiger partial charge in [0, 0.05) is 0 Å². The second-order valence-corrected chi connectivity index (χ2v) is 6.09. The molecule has 2 N–H and O–H groups in total. The van der Waals surface area contributed by atoms with Crippen molar-refractivity contribution in [2.24, 2.45) is 5.73 Å². The van der Waals surface area contributed by atoms with Crippen molar-refractivity contribution in [1.82, 2.24) is 0 Å². The zero-order chi connectivity index (χ0) is 14.0. The average molecular weight is 276 g/mol. The van der Waals surface area contributed by atoms with Crippen LogP contribution in [0.3, 0.4) is 0 Å². The minimum Gasteiger partial charge on any atom is -0.330 e. The van der Waals surface area contributed by atoms with E-state index in [4.69, 9.17) is 5.73 Å². The third-order valence-electron chi connectivity index (χ3n) is 4.06. The minimum absolute atomic E-state index is 0. The van der Waals surface area contributed by atoms with Gasteiger partial charge in [-0.25, -0.2) is 0 Å². The van der Waals surface area contributed by atoms with Gasteiger partial charge in [-0.05, 0) is 13.0 Å². The Morgan fingerprint density at radius 1 is 0.450 bits per heavy atom. The Morgan fingerprint density at radius 3 is 0.950 bits per heavy atom. The maximum Gasteiger partial charge on any atom is 1.00 e. The molecule has 0 heterocycles. The van der Waals surface area contributed by atoms with E-state index in [0.717, 1.165) is 6.54 Å². The van der Waals surface area contributed by atoms with E-state index in [1.807, 2.05) is 0 Å². The first-order valence-corrected chi connectivity index (χ1v) is 9.12. The average Bonchev–Trinajstić information content (AvgIpc) is 2.43. The molecule has 0 aromatic carbocycles. The monoisotopic (exact) mass is 276 g/mol. The predicted molar refractivity (Wildman–Crippen MR) is 88.6 cm³/mol. The van der Waals surface area contributed by atoms with Crippen molar-refractivity contribution >= 4 is 0 Å². The standard InChI is InChI=1S/C18H39N.Li/c1-2-3-4-5-6-7-8-9-10-11-12-13-14-15-16-17-18-19;/h2-19H2,1H3;/q;+1. The van der Waals surface area contributed by atoms with Gasteiger partial charge in [0.2, 0.25) is 0 Å². The Balaban J connectivity index is 0.